The first-order valence-electron chi connectivity index (χ1n) is 22.2. The molecule has 352 valence electrons. The van der Waals surface area contributed by atoms with E-state index in [1.807, 2.05) is 0 Å². The second-order valence-corrected chi connectivity index (χ2v) is 13.7. The zero-order valence-electron chi connectivity index (χ0n) is 36.8. The van der Waals surface area contributed by atoms with Crippen LogP contribution in [-0.2, 0) is 66.4 Å². The molecule has 0 saturated carbocycles. The van der Waals surface area contributed by atoms with Gasteiger partial charge in [-0.25, -0.2) is 0 Å². The summed E-state index contributed by atoms with van der Waals surface area (Å²) in [6.45, 7) is 13.5. The number of hydrogen-bond acceptors (Lipinski definition) is 16. The van der Waals surface area contributed by atoms with Crippen molar-refractivity contribution in [3.8, 4) is 0 Å². The van der Waals surface area contributed by atoms with E-state index in [1.165, 1.54) is 37.0 Å². The summed E-state index contributed by atoms with van der Waals surface area (Å²) in [4.78, 5) is 37.6. The van der Waals surface area contributed by atoms with E-state index in [2.05, 4.69) is 6.92 Å². The van der Waals surface area contributed by atoms with Gasteiger partial charge in [-0.2, -0.15) is 0 Å². The molecular formula is C44H75NO16. The zero-order chi connectivity index (χ0) is 43.5. The van der Waals surface area contributed by atoms with E-state index in [9.17, 15) is 14.4 Å². The molecule has 0 fully saturated rings. The van der Waals surface area contributed by atoms with Crippen LogP contribution in [0.3, 0.4) is 0 Å². The Labute approximate surface area is 363 Å². The summed E-state index contributed by atoms with van der Waals surface area (Å²) in [5.74, 6) is -0.710. The highest BCUT2D eigenvalue weighted by molar-refractivity contribution is 6.21. The Bertz CT molecular complexity index is 1160. The normalized spacial score (nSPS) is 12.5. The summed E-state index contributed by atoms with van der Waals surface area (Å²) >= 11 is 0. The van der Waals surface area contributed by atoms with Crippen molar-refractivity contribution in [2.45, 2.75) is 58.3 Å². The van der Waals surface area contributed by atoms with Gasteiger partial charge in [0.05, 0.1) is 176 Å². The lowest BCUT2D eigenvalue weighted by molar-refractivity contribution is -0.145. The van der Waals surface area contributed by atoms with Crippen LogP contribution in [-0.4, -0.2) is 194 Å². The molecule has 61 heavy (non-hydrogen) atoms. The second-order valence-electron chi connectivity index (χ2n) is 13.7. The van der Waals surface area contributed by atoms with Crippen LogP contribution in [0, 0.1) is 0 Å². The number of unbranched alkanes of at least 4 members (excludes halogenated alkanes) is 6. The van der Waals surface area contributed by atoms with E-state index in [0.29, 0.717) is 170 Å². The molecule has 0 saturated heterocycles. The van der Waals surface area contributed by atoms with Gasteiger partial charge in [-0.05, 0) is 18.6 Å². The molecule has 2 rings (SSSR count). The smallest absolute Gasteiger partial charge is 0.305 e. The van der Waals surface area contributed by atoms with Crippen LogP contribution in [0.5, 0.6) is 0 Å². The fourth-order valence-electron chi connectivity index (χ4n) is 5.63. The first-order chi connectivity index (χ1) is 30.1. The van der Waals surface area contributed by atoms with Crippen LogP contribution >= 0.6 is 0 Å². The van der Waals surface area contributed by atoms with E-state index >= 15 is 0 Å². The Morgan fingerprint density at radius 1 is 0.393 bits per heavy atom. The largest absolute Gasteiger partial charge is 0.463 e. The number of carbonyl (C=O) groups is 3. The molecule has 0 spiro atoms. The summed E-state index contributed by atoms with van der Waals surface area (Å²) in [6.07, 6.45) is 8.74. The number of carbonyl (C=O) groups excluding carboxylic acids is 3. The van der Waals surface area contributed by atoms with Gasteiger partial charge in [0.1, 0.15) is 6.61 Å². The molecule has 17 heteroatoms. The van der Waals surface area contributed by atoms with Crippen LogP contribution in [0.2, 0.25) is 0 Å². The van der Waals surface area contributed by atoms with Crippen molar-refractivity contribution in [3.05, 3.63) is 35.4 Å². The minimum Gasteiger partial charge on any atom is -0.463 e. The van der Waals surface area contributed by atoms with E-state index in [0.717, 1.165) is 12.8 Å². The van der Waals surface area contributed by atoms with Crippen molar-refractivity contribution in [2.24, 2.45) is 0 Å². The van der Waals surface area contributed by atoms with Gasteiger partial charge in [-0.3, -0.25) is 19.3 Å². The highest BCUT2D eigenvalue weighted by atomic mass is 16.6. The Kier molecular flexibility index (Phi) is 36.9. The molecule has 1 aliphatic rings. The Morgan fingerprint density at radius 2 is 0.672 bits per heavy atom. The van der Waals surface area contributed by atoms with Gasteiger partial charge in [0.15, 0.2) is 0 Å². The number of amides is 2. The maximum atomic E-state index is 12.3. The van der Waals surface area contributed by atoms with E-state index < -0.39 is 0 Å². The lowest BCUT2D eigenvalue weighted by Crippen LogP contribution is -2.33. The van der Waals surface area contributed by atoms with Crippen molar-refractivity contribution in [2.75, 3.05) is 172 Å². The number of benzene rings is 1. The van der Waals surface area contributed by atoms with Crippen molar-refractivity contribution in [3.63, 3.8) is 0 Å². The predicted octanol–water partition coefficient (Wildman–Crippen LogP) is 4.17. The van der Waals surface area contributed by atoms with Gasteiger partial charge in [-0.15, -0.1) is 0 Å². The molecule has 17 nitrogen and oxygen atoms in total. The van der Waals surface area contributed by atoms with Gasteiger partial charge in [0.2, 0.25) is 0 Å². The quantitative estimate of drug-likeness (QED) is 0.0518. The fourth-order valence-corrected chi connectivity index (χ4v) is 5.63. The molecule has 0 aromatic heterocycles. The fraction of sp³-hybridized carbons (Fsp3) is 0.795. The van der Waals surface area contributed by atoms with Gasteiger partial charge >= 0.3 is 5.97 Å². The monoisotopic (exact) mass is 874 g/mol. The molecule has 0 bridgehead atoms. The molecule has 1 aromatic rings. The molecule has 0 atom stereocenters. The van der Waals surface area contributed by atoms with Gasteiger partial charge in [0, 0.05) is 6.42 Å². The van der Waals surface area contributed by atoms with Crippen molar-refractivity contribution in [1.82, 2.24) is 4.90 Å². The molecule has 1 heterocycles. The first kappa shape index (κ1) is 54.5. The maximum Gasteiger partial charge on any atom is 0.305 e. The average molecular weight is 874 g/mol. The van der Waals surface area contributed by atoms with Crippen molar-refractivity contribution >= 4 is 17.8 Å². The summed E-state index contributed by atoms with van der Waals surface area (Å²) in [6, 6.07) is 6.81. The number of fused-ring (bicyclic) bond motifs is 1. The molecule has 2 amide bonds. The highest BCUT2D eigenvalue weighted by Crippen LogP contribution is 2.21. The number of imide groups is 1. The van der Waals surface area contributed by atoms with E-state index in [-0.39, 0.29) is 37.5 Å². The summed E-state index contributed by atoms with van der Waals surface area (Å²) in [5, 5.41) is 0. The van der Waals surface area contributed by atoms with Crippen LogP contribution in [0.4, 0.5) is 0 Å². The molecule has 0 radical (unpaired) electrons. The standard InChI is InChI=1S/C44H75NO16/c1-2-3-4-5-6-7-8-13-42(46)61-39-38-60-37-36-59-35-34-58-33-32-57-31-30-56-29-28-55-27-26-54-25-24-53-23-22-52-21-20-51-19-18-50-17-16-49-15-14-45-43(47)40-11-9-10-12-41(40)44(45)48/h9-12H,2-8,13-39H2,1H3. The molecule has 0 unspecified atom stereocenters. The third-order valence-electron chi connectivity index (χ3n) is 8.90. The Hall–Kier alpha value is -2.65. The number of hydrogen-bond donors (Lipinski definition) is 0. The van der Waals surface area contributed by atoms with Crippen LogP contribution < -0.4 is 0 Å². The van der Waals surface area contributed by atoms with Crippen LogP contribution in [0.15, 0.2) is 24.3 Å². The topological polar surface area (TPSA) is 174 Å². The third-order valence-corrected chi connectivity index (χ3v) is 8.90. The SMILES string of the molecule is CCCCCCCCCC(=O)OCCOCCOCCOCCOCCOCCOCCOCCOCCOCCOCCOCCOCCN1C(=O)c2ccccc2C1=O. The number of esters is 1. The first-order valence-corrected chi connectivity index (χ1v) is 22.2. The van der Waals surface area contributed by atoms with E-state index in [4.69, 9.17) is 61.6 Å². The van der Waals surface area contributed by atoms with Gasteiger partial charge in [-0.1, -0.05) is 57.6 Å². The minimum atomic E-state index is -0.281. The van der Waals surface area contributed by atoms with Crippen LogP contribution in [0.1, 0.15) is 79.0 Å². The predicted molar refractivity (Wildman–Crippen MR) is 225 cm³/mol. The van der Waals surface area contributed by atoms with E-state index in [1.54, 1.807) is 24.3 Å². The molecule has 1 aromatic carbocycles. The second kappa shape index (κ2) is 41.4. The van der Waals surface area contributed by atoms with Crippen LogP contribution in [0.25, 0.3) is 0 Å². The number of ether oxygens (including phenoxy) is 13. The Morgan fingerprint density at radius 3 is 1.00 bits per heavy atom. The third kappa shape index (κ3) is 30.9. The molecule has 0 aliphatic carbocycles. The minimum absolute atomic E-state index is 0.147. The van der Waals surface area contributed by atoms with Crippen molar-refractivity contribution in [1.29, 1.82) is 0 Å². The molecule has 0 N–H and O–H groups in total. The number of rotatable bonds is 47. The molecule has 1 aliphatic heterocycles. The summed E-state index contributed by atoms with van der Waals surface area (Å²) in [5.41, 5.74) is 0.877. The number of nitrogens with zero attached hydrogens (tertiary/aromatic N) is 1. The van der Waals surface area contributed by atoms with Gasteiger partial charge in [0.25, 0.3) is 11.8 Å². The summed E-state index contributed by atoms with van der Waals surface area (Å²) in [7, 11) is 0. The Balaban J connectivity index is 1.14. The summed E-state index contributed by atoms with van der Waals surface area (Å²) < 4.78 is 71.0. The average Bonchev–Trinajstić information content (AvgIpc) is 3.51. The maximum absolute atomic E-state index is 12.3. The van der Waals surface area contributed by atoms with Crippen molar-refractivity contribution < 1.29 is 76.0 Å². The zero-order valence-corrected chi connectivity index (χ0v) is 36.8. The lowest BCUT2D eigenvalue weighted by Gasteiger charge is -2.13. The van der Waals surface area contributed by atoms with Gasteiger partial charge < -0.3 is 61.6 Å². The lowest BCUT2D eigenvalue weighted by atomic mass is 10.1. The highest BCUT2D eigenvalue weighted by Gasteiger charge is 2.34. The molecular weight excluding hydrogens is 798 g/mol.